The first kappa shape index (κ1) is 19.0. The van der Waals surface area contributed by atoms with E-state index in [1.165, 1.54) is 19.1 Å². The van der Waals surface area contributed by atoms with Gasteiger partial charge in [0.15, 0.2) is 5.13 Å². The van der Waals surface area contributed by atoms with Gasteiger partial charge >= 0.3 is 11.0 Å². The number of carboxylic acids is 1. The maximum absolute atomic E-state index is 12.4. The second-order valence-corrected chi connectivity index (χ2v) is 6.09. The van der Waals surface area contributed by atoms with Crippen molar-refractivity contribution < 1.29 is 24.4 Å². The Morgan fingerprint density at radius 1 is 1.23 bits per heavy atom. The third-order valence-electron chi connectivity index (χ3n) is 3.17. The molecule has 1 aromatic heterocycles. The Bertz CT molecular complexity index is 879. The Morgan fingerprint density at radius 2 is 1.92 bits per heavy atom. The minimum atomic E-state index is -1.10. The summed E-state index contributed by atoms with van der Waals surface area (Å²) in [6, 6.07) is 6.12. The van der Waals surface area contributed by atoms with E-state index in [4.69, 9.17) is 5.11 Å². The Balaban J connectivity index is 2.14. The number of carbonyl (C=O) groups is 3. The van der Waals surface area contributed by atoms with Crippen molar-refractivity contribution in [3.05, 3.63) is 45.6 Å². The summed E-state index contributed by atoms with van der Waals surface area (Å²) in [4.78, 5) is 48.9. The molecule has 0 spiro atoms. The molecule has 2 rings (SSSR count). The van der Waals surface area contributed by atoms with Crippen molar-refractivity contribution in [2.75, 3.05) is 10.6 Å². The number of benzene rings is 1. The van der Waals surface area contributed by atoms with Crippen LogP contribution in [-0.2, 0) is 9.59 Å². The van der Waals surface area contributed by atoms with Crippen LogP contribution in [0.5, 0.6) is 0 Å². The van der Waals surface area contributed by atoms with Gasteiger partial charge < -0.3 is 10.4 Å². The molecule has 0 unspecified atom stereocenters. The standard InChI is InChI=1S/C15H14N4O6S/c1-8-14(19(24)25)26-15(16-8)18-13(23)9-4-2-3-5-10(9)17-11(20)6-7-12(21)22/h2-5H,6-7H2,1H3,(H,17,20)(H,21,22)(H,16,18,23). The summed E-state index contributed by atoms with van der Waals surface area (Å²) in [6.45, 7) is 1.46. The molecule has 2 amide bonds. The number of hydrogen-bond donors (Lipinski definition) is 3. The molecule has 2 aromatic rings. The average Bonchev–Trinajstić information content (AvgIpc) is 2.94. The quantitative estimate of drug-likeness (QED) is 0.494. The first-order valence-corrected chi connectivity index (χ1v) is 8.13. The van der Waals surface area contributed by atoms with E-state index in [0.717, 1.165) is 11.3 Å². The topological polar surface area (TPSA) is 152 Å². The maximum atomic E-state index is 12.4. The number of nitro groups is 1. The van der Waals surface area contributed by atoms with E-state index in [0.29, 0.717) is 0 Å². The number of para-hydroxylation sites is 1. The van der Waals surface area contributed by atoms with Gasteiger partial charge in [-0.1, -0.05) is 12.1 Å². The normalized spacial score (nSPS) is 10.2. The highest BCUT2D eigenvalue weighted by atomic mass is 32.1. The number of thiazole rings is 1. The molecule has 0 aliphatic rings. The zero-order valence-corrected chi connectivity index (χ0v) is 14.3. The van der Waals surface area contributed by atoms with Crippen molar-refractivity contribution in [1.82, 2.24) is 4.98 Å². The number of aromatic nitrogens is 1. The van der Waals surface area contributed by atoms with Gasteiger partial charge in [-0.25, -0.2) is 4.98 Å². The number of carboxylic acid groups (broad SMARTS) is 1. The van der Waals surface area contributed by atoms with Crippen LogP contribution in [0.1, 0.15) is 28.9 Å². The molecule has 3 N–H and O–H groups in total. The minimum absolute atomic E-state index is 0.0613. The highest BCUT2D eigenvalue weighted by molar-refractivity contribution is 7.19. The number of aryl methyl sites for hydroxylation is 1. The molecular weight excluding hydrogens is 364 g/mol. The Kier molecular flexibility index (Phi) is 5.96. The molecule has 0 bridgehead atoms. The van der Waals surface area contributed by atoms with Crippen LogP contribution in [0.25, 0.3) is 0 Å². The van der Waals surface area contributed by atoms with Crippen molar-refractivity contribution in [2.45, 2.75) is 19.8 Å². The van der Waals surface area contributed by atoms with Gasteiger partial charge in [0.25, 0.3) is 5.91 Å². The number of nitrogens with one attached hydrogen (secondary N) is 2. The molecule has 26 heavy (non-hydrogen) atoms. The molecule has 0 saturated carbocycles. The third kappa shape index (κ3) is 4.83. The lowest BCUT2D eigenvalue weighted by molar-refractivity contribution is -0.380. The lowest BCUT2D eigenvalue weighted by atomic mass is 10.1. The van der Waals surface area contributed by atoms with Crippen molar-refractivity contribution in [1.29, 1.82) is 0 Å². The summed E-state index contributed by atoms with van der Waals surface area (Å²) in [5, 5.41) is 24.3. The largest absolute Gasteiger partial charge is 0.481 e. The molecule has 0 atom stereocenters. The summed E-state index contributed by atoms with van der Waals surface area (Å²) < 4.78 is 0. The predicted octanol–water partition coefficient (Wildman–Crippen LogP) is 2.42. The van der Waals surface area contributed by atoms with Crippen molar-refractivity contribution >= 4 is 44.9 Å². The molecule has 0 fully saturated rings. The molecule has 136 valence electrons. The van der Waals surface area contributed by atoms with Gasteiger partial charge in [0.2, 0.25) is 5.91 Å². The average molecular weight is 378 g/mol. The highest BCUT2D eigenvalue weighted by Gasteiger charge is 2.20. The fourth-order valence-electron chi connectivity index (χ4n) is 2.00. The van der Waals surface area contributed by atoms with E-state index in [1.54, 1.807) is 12.1 Å². The van der Waals surface area contributed by atoms with Gasteiger partial charge in [0.1, 0.15) is 5.69 Å². The van der Waals surface area contributed by atoms with Crippen LogP contribution in [0.3, 0.4) is 0 Å². The second kappa shape index (κ2) is 8.16. The van der Waals surface area contributed by atoms with Gasteiger partial charge in [-0.05, 0) is 30.4 Å². The highest BCUT2D eigenvalue weighted by Crippen LogP contribution is 2.30. The Labute approximate surface area is 151 Å². The van der Waals surface area contributed by atoms with Crippen LogP contribution >= 0.6 is 11.3 Å². The molecule has 11 heteroatoms. The molecule has 0 aliphatic carbocycles. The van der Waals surface area contributed by atoms with Crippen molar-refractivity contribution in [3.63, 3.8) is 0 Å². The molecule has 0 radical (unpaired) electrons. The lowest BCUT2D eigenvalue weighted by Gasteiger charge is -2.10. The third-order valence-corrected chi connectivity index (χ3v) is 4.19. The van der Waals surface area contributed by atoms with Gasteiger partial charge in [0.05, 0.1) is 22.6 Å². The van der Waals surface area contributed by atoms with Crippen LogP contribution in [-0.4, -0.2) is 32.8 Å². The molecule has 1 heterocycles. The summed E-state index contributed by atoms with van der Waals surface area (Å²) in [5.41, 5.74) is 0.500. The smallest absolute Gasteiger partial charge is 0.348 e. The van der Waals surface area contributed by atoms with Crippen molar-refractivity contribution in [3.8, 4) is 0 Å². The van der Waals surface area contributed by atoms with Crippen LogP contribution < -0.4 is 10.6 Å². The van der Waals surface area contributed by atoms with Gasteiger partial charge in [-0.2, -0.15) is 0 Å². The fraction of sp³-hybridized carbons (Fsp3) is 0.200. The SMILES string of the molecule is Cc1nc(NC(=O)c2ccccc2NC(=O)CCC(=O)O)sc1[N+](=O)[O-]. The maximum Gasteiger partial charge on any atom is 0.348 e. The van der Waals surface area contributed by atoms with Crippen molar-refractivity contribution in [2.24, 2.45) is 0 Å². The first-order chi connectivity index (χ1) is 12.3. The number of hydrogen-bond acceptors (Lipinski definition) is 7. The Hall–Kier alpha value is -3.34. The second-order valence-electron chi connectivity index (χ2n) is 5.11. The van der Waals surface area contributed by atoms with E-state index in [2.05, 4.69) is 15.6 Å². The Morgan fingerprint density at radius 3 is 2.54 bits per heavy atom. The van der Waals surface area contributed by atoms with Crippen LogP contribution in [0.15, 0.2) is 24.3 Å². The summed E-state index contributed by atoms with van der Waals surface area (Å²) in [7, 11) is 0. The number of amides is 2. The van der Waals surface area contributed by atoms with Gasteiger partial charge in [-0.15, -0.1) is 0 Å². The van der Waals surface area contributed by atoms with E-state index in [1.807, 2.05) is 0 Å². The van der Waals surface area contributed by atoms with Gasteiger partial charge in [-0.3, -0.25) is 29.8 Å². The monoisotopic (exact) mass is 378 g/mol. The van der Waals surface area contributed by atoms with E-state index in [9.17, 15) is 24.5 Å². The zero-order chi connectivity index (χ0) is 19.3. The molecule has 10 nitrogen and oxygen atoms in total. The van der Waals surface area contributed by atoms with Crippen LogP contribution in [0.4, 0.5) is 15.8 Å². The van der Waals surface area contributed by atoms with E-state index >= 15 is 0 Å². The van der Waals surface area contributed by atoms with Crippen LogP contribution in [0.2, 0.25) is 0 Å². The minimum Gasteiger partial charge on any atom is -0.481 e. The number of aliphatic carboxylic acids is 1. The predicted molar refractivity (Wildman–Crippen MR) is 93.4 cm³/mol. The molecule has 0 saturated heterocycles. The summed E-state index contributed by atoms with van der Waals surface area (Å²) in [5.74, 6) is -2.26. The van der Waals surface area contributed by atoms with Gasteiger partial charge in [0, 0.05) is 6.42 Å². The first-order valence-electron chi connectivity index (χ1n) is 7.31. The molecular formula is C15H14N4O6S. The zero-order valence-electron chi connectivity index (χ0n) is 13.5. The summed E-state index contributed by atoms with van der Waals surface area (Å²) >= 11 is 0.727. The molecule has 1 aromatic carbocycles. The summed E-state index contributed by atoms with van der Waals surface area (Å²) in [6.07, 6.45) is -0.564. The number of carbonyl (C=O) groups excluding carboxylic acids is 2. The fourth-order valence-corrected chi connectivity index (χ4v) is 2.78. The molecule has 0 aliphatic heterocycles. The number of nitrogens with zero attached hydrogens (tertiary/aromatic N) is 2. The number of rotatable bonds is 7. The van der Waals surface area contributed by atoms with E-state index in [-0.39, 0.29) is 39.9 Å². The van der Waals surface area contributed by atoms with Crippen LogP contribution in [0, 0.1) is 17.0 Å². The van der Waals surface area contributed by atoms with E-state index < -0.39 is 22.7 Å². The number of anilines is 2. The lowest BCUT2D eigenvalue weighted by Crippen LogP contribution is -2.18.